The van der Waals surface area contributed by atoms with E-state index in [1.807, 2.05) is 91.9 Å². The number of pyridine rings is 1. The molecule has 0 saturated carbocycles. The molecule has 0 fully saturated rings. The molecule has 5 heteroatoms. The van der Waals surface area contributed by atoms with Crippen molar-refractivity contribution < 1.29 is 14.6 Å². The van der Waals surface area contributed by atoms with Gasteiger partial charge in [0.2, 0.25) is 0 Å². The summed E-state index contributed by atoms with van der Waals surface area (Å²) in [6.07, 6.45) is 5.67. The number of aliphatic carboxylic acids is 1. The number of allylic oxidation sites excluding steroid dienone is 3. The molecule has 0 radical (unpaired) electrons. The summed E-state index contributed by atoms with van der Waals surface area (Å²) < 4.78 is 6.13. The third-order valence-electron chi connectivity index (χ3n) is 5.61. The van der Waals surface area contributed by atoms with Gasteiger partial charge in [0, 0.05) is 28.7 Å². The summed E-state index contributed by atoms with van der Waals surface area (Å²) in [6, 6.07) is 23.3. The molecule has 3 aromatic rings. The van der Waals surface area contributed by atoms with Crippen LogP contribution in [0.2, 0.25) is 0 Å². The average Bonchev–Trinajstić information content (AvgIpc) is 2.82. The summed E-state index contributed by atoms with van der Waals surface area (Å²) in [5.41, 5.74) is 5.23. The number of aromatic nitrogens is 1. The standard InChI is InChI=1S/C28H26N2O3/c1-19-25(23-15-8-9-17-29-23)27(26(28(31)32)20(2)30-19)22-14-6-7-16-24(22)33-18-10-13-21-11-4-3-5-12-21/h3-17,27,30H,18H2,1-2H3,(H,31,32). The van der Waals surface area contributed by atoms with Gasteiger partial charge >= 0.3 is 5.97 Å². The number of dihydropyridines is 1. The minimum absolute atomic E-state index is 0.289. The van der Waals surface area contributed by atoms with Crippen LogP contribution in [0.4, 0.5) is 0 Å². The molecule has 5 nitrogen and oxygen atoms in total. The first-order chi connectivity index (χ1) is 16.1. The van der Waals surface area contributed by atoms with Gasteiger partial charge in [-0.25, -0.2) is 4.79 Å². The maximum Gasteiger partial charge on any atom is 0.334 e. The molecule has 2 aromatic carbocycles. The highest BCUT2D eigenvalue weighted by atomic mass is 16.5. The van der Waals surface area contributed by atoms with Gasteiger partial charge in [-0.15, -0.1) is 0 Å². The number of nitrogens with one attached hydrogen (secondary N) is 1. The smallest absolute Gasteiger partial charge is 0.334 e. The number of hydrogen-bond acceptors (Lipinski definition) is 4. The molecule has 0 aliphatic carbocycles. The first kappa shape index (κ1) is 22.1. The largest absolute Gasteiger partial charge is 0.489 e. The highest BCUT2D eigenvalue weighted by Gasteiger charge is 2.35. The van der Waals surface area contributed by atoms with E-state index >= 15 is 0 Å². The minimum Gasteiger partial charge on any atom is -0.489 e. The third-order valence-corrected chi connectivity index (χ3v) is 5.61. The van der Waals surface area contributed by atoms with Crippen molar-refractivity contribution in [2.24, 2.45) is 0 Å². The predicted octanol–water partition coefficient (Wildman–Crippen LogP) is 5.65. The molecule has 166 valence electrons. The van der Waals surface area contributed by atoms with Gasteiger partial charge in [0.1, 0.15) is 12.4 Å². The molecular weight excluding hydrogens is 412 g/mol. The first-order valence-corrected chi connectivity index (χ1v) is 10.8. The van der Waals surface area contributed by atoms with E-state index in [4.69, 9.17) is 4.74 Å². The maximum atomic E-state index is 12.4. The van der Waals surface area contributed by atoms with Crippen LogP contribution in [0.1, 0.15) is 36.6 Å². The second-order valence-corrected chi connectivity index (χ2v) is 7.82. The van der Waals surface area contributed by atoms with Crippen molar-refractivity contribution in [1.29, 1.82) is 0 Å². The van der Waals surface area contributed by atoms with Crippen molar-refractivity contribution in [1.82, 2.24) is 10.3 Å². The minimum atomic E-state index is -0.968. The van der Waals surface area contributed by atoms with Crippen LogP contribution in [-0.2, 0) is 4.79 Å². The number of benzene rings is 2. The summed E-state index contributed by atoms with van der Waals surface area (Å²) in [7, 11) is 0. The molecule has 1 aliphatic rings. The normalized spacial score (nSPS) is 16.1. The Bertz CT molecular complexity index is 1230. The molecular formula is C28H26N2O3. The molecule has 2 heterocycles. The molecule has 2 N–H and O–H groups in total. The molecule has 1 aliphatic heterocycles. The fourth-order valence-electron chi connectivity index (χ4n) is 4.19. The van der Waals surface area contributed by atoms with Gasteiger partial charge in [-0.1, -0.05) is 60.7 Å². The number of para-hydroxylation sites is 1. The number of carboxylic acid groups (broad SMARTS) is 1. The van der Waals surface area contributed by atoms with Crippen LogP contribution in [-0.4, -0.2) is 22.7 Å². The highest BCUT2D eigenvalue weighted by Crippen LogP contribution is 2.45. The van der Waals surface area contributed by atoms with Gasteiger partial charge in [-0.2, -0.15) is 0 Å². The molecule has 33 heavy (non-hydrogen) atoms. The van der Waals surface area contributed by atoms with Crippen molar-refractivity contribution >= 4 is 17.6 Å². The summed E-state index contributed by atoms with van der Waals surface area (Å²) in [4.78, 5) is 16.9. The summed E-state index contributed by atoms with van der Waals surface area (Å²) in [5, 5.41) is 13.4. The summed E-state index contributed by atoms with van der Waals surface area (Å²) in [6.45, 7) is 4.11. The monoisotopic (exact) mass is 438 g/mol. The van der Waals surface area contributed by atoms with Crippen LogP contribution in [0.5, 0.6) is 5.75 Å². The number of carboxylic acids is 1. The lowest BCUT2D eigenvalue weighted by Crippen LogP contribution is -2.28. The van der Waals surface area contributed by atoms with Gasteiger partial charge in [0.15, 0.2) is 0 Å². The summed E-state index contributed by atoms with van der Waals surface area (Å²) >= 11 is 0. The van der Waals surface area contributed by atoms with Crippen molar-refractivity contribution in [3.63, 3.8) is 0 Å². The van der Waals surface area contributed by atoms with Gasteiger partial charge in [-0.05, 0) is 43.7 Å². The average molecular weight is 439 g/mol. The SMILES string of the molecule is CC1=C(C(=O)O)C(c2ccccc2OCC=Cc2ccccc2)C(c2ccccn2)=C(C)N1. The number of carbonyl (C=O) groups is 1. The molecule has 0 spiro atoms. The quantitative estimate of drug-likeness (QED) is 0.499. The van der Waals surface area contributed by atoms with E-state index in [1.165, 1.54) is 0 Å². The fourth-order valence-corrected chi connectivity index (χ4v) is 4.19. The van der Waals surface area contributed by atoms with Crippen LogP contribution in [0, 0.1) is 0 Å². The Balaban J connectivity index is 1.72. The third kappa shape index (κ3) is 4.88. The zero-order valence-electron chi connectivity index (χ0n) is 18.7. The van der Waals surface area contributed by atoms with E-state index in [9.17, 15) is 9.90 Å². The lowest BCUT2D eigenvalue weighted by atomic mass is 9.78. The first-order valence-electron chi connectivity index (χ1n) is 10.8. The van der Waals surface area contributed by atoms with Crippen molar-refractivity contribution in [2.75, 3.05) is 6.61 Å². The van der Waals surface area contributed by atoms with Gasteiger partial charge in [0.25, 0.3) is 0 Å². The van der Waals surface area contributed by atoms with Crippen LogP contribution in [0.15, 0.2) is 102 Å². The molecule has 4 rings (SSSR count). The fraction of sp³-hybridized carbons (Fsp3) is 0.143. The Morgan fingerprint density at radius 1 is 1.00 bits per heavy atom. The number of rotatable bonds is 7. The van der Waals surface area contributed by atoms with E-state index in [-0.39, 0.29) is 5.57 Å². The van der Waals surface area contributed by atoms with Crippen molar-refractivity contribution in [3.8, 4) is 5.75 Å². The van der Waals surface area contributed by atoms with Gasteiger partial charge in [-0.3, -0.25) is 4.98 Å². The van der Waals surface area contributed by atoms with E-state index in [2.05, 4.69) is 10.3 Å². The zero-order chi connectivity index (χ0) is 23.2. The van der Waals surface area contributed by atoms with E-state index in [0.29, 0.717) is 18.1 Å². The number of hydrogen-bond donors (Lipinski definition) is 2. The number of nitrogens with zero attached hydrogens (tertiary/aromatic N) is 1. The lowest BCUT2D eigenvalue weighted by molar-refractivity contribution is -0.132. The van der Waals surface area contributed by atoms with Gasteiger partial charge < -0.3 is 15.2 Å². The Labute approximate surface area is 193 Å². The Morgan fingerprint density at radius 3 is 2.45 bits per heavy atom. The maximum absolute atomic E-state index is 12.4. The van der Waals surface area contributed by atoms with Crippen LogP contribution in [0.25, 0.3) is 11.6 Å². The zero-order valence-corrected chi connectivity index (χ0v) is 18.7. The highest BCUT2D eigenvalue weighted by molar-refractivity contribution is 5.96. The predicted molar refractivity (Wildman–Crippen MR) is 130 cm³/mol. The van der Waals surface area contributed by atoms with Crippen LogP contribution < -0.4 is 10.1 Å². The van der Waals surface area contributed by atoms with Gasteiger partial charge in [0.05, 0.1) is 17.2 Å². The molecule has 1 unspecified atom stereocenters. The van der Waals surface area contributed by atoms with E-state index < -0.39 is 11.9 Å². The topological polar surface area (TPSA) is 71.5 Å². The van der Waals surface area contributed by atoms with Crippen LogP contribution in [0.3, 0.4) is 0 Å². The van der Waals surface area contributed by atoms with Crippen LogP contribution >= 0.6 is 0 Å². The second kappa shape index (κ2) is 10.0. The Morgan fingerprint density at radius 2 is 1.73 bits per heavy atom. The second-order valence-electron chi connectivity index (χ2n) is 7.82. The molecule has 0 amide bonds. The Kier molecular flexibility index (Phi) is 6.69. The van der Waals surface area contributed by atoms with E-state index in [0.717, 1.165) is 28.1 Å². The summed E-state index contributed by atoms with van der Waals surface area (Å²) in [5.74, 6) is -0.840. The van der Waals surface area contributed by atoms with Crippen molar-refractivity contribution in [3.05, 3.63) is 119 Å². The van der Waals surface area contributed by atoms with Crippen molar-refractivity contribution in [2.45, 2.75) is 19.8 Å². The molecule has 0 bridgehead atoms. The van der Waals surface area contributed by atoms with E-state index in [1.54, 1.807) is 13.1 Å². The molecule has 1 aromatic heterocycles. The molecule has 1 atom stereocenters. The molecule has 0 saturated heterocycles. The Hall–Kier alpha value is -4.12. The lowest BCUT2D eigenvalue weighted by Gasteiger charge is -2.31. The number of ether oxygens (including phenoxy) is 1.